The summed E-state index contributed by atoms with van der Waals surface area (Å²) in [5.74, 6) is 6.40. The Hall–Kier alpha value is -2.21. The number of hydrogen-bond acceptors (Lipinski definition) is 2. The van der Waals surface area contributed by atoms with Gasteiger partial charge < -0.3 is 9.64 Å². The summed E-state index contributed by atoms with van der Waals surface area (Å²) in [4.78, 5) is 13.5. The molecule has 1 aliphatic rings. The van der Waals surface area contributed by atoms with Crippen LogP contribution in [-0.2, 0) is 4.74 Å². The van der Waals surface area contributed by atoms with Crippen molar-refractivity contribution in [2.75, 3.05) is 13.7 Å². The summed E-state index contributed by atoms with van der Waals surface area (Å²) >= 11 is 0. The summed E-state index contributed by atoms with van der Waals surface area (Å²) in [6.45, 7) is 2.23. The Kier molecular flexibility index (Phi) is 5.45. The van der Waals surface area contributed by atoms with Crippen LogP contribution in [0.15, 0.2) is 42.0 Å². The lowest BCUT2D eigenvalue weighted by Crippen LogP contribution is -2.38. The second-order valence-electron chi connectivity index (χ2n) is 5.09. The molecule has 1 aliphatic carbocycles. The largest absolute Gasteiger partial charge is 0.450 e. The fourth-order valence-corrected chi connectivity index (χ4v) is 2.37. The van der Waals surface area contributed by atoms with Crippen molar-refractivity contribution in [3.8, 4) is 11.8 Å². The standard InChI is InChI=1S/C18H21NO2/c1-3-21-18(20)19(2)17-11-7-10-16(14-17)13-12-15-8-5-4-6-9-15/h4-6,8-10,17H,3,7,11,14H2,1-2H3. The maximum atomic E-state index is 11.8. The van der Waals surface area contributed by atoms with Crippen LogP contribution in [0.2, 0.25) is 0 Å². The molecule has 0 N–H and O–H groups in total. The fraction of sp³-hybridized carbons (Fsp3) is 0.389. The summed E-state index contributed by atoms with van der Waals surface area (Å²) in [6, 6.07) is 10.1. The van der Waals surface area contributed by atoms with E-state index in [0.717, 1.165) is 30.4 Å². The fourth-order valence-electron chi connectivity index (χ4n) is 2.37. The summed E-state index contributed by atoms with van der Waals surface area (Å²) in [6.07, 6.45) is 4.64. The van der Waals surface area contributed by atoms with Crippen molar-refractivity contribution in [3.05, 3.63) is 47.5 Å². The second-order valence-corrected chi connectivity index (χ2v) is 5.09. The number of benzene rings is 1. The Morgan fingerprint density at radius 1 is 1.33 bits per heavy atom. The molecule has 21 heavy (non-hydrogen) atoms. The predicted molar refractivity (Wildman–Crippen MR) is 83.8 cm³/mol. The summed E-state index contributed by atoms with van der Waals surface area (Å²) in [5.41, 5.74) is 2.12. The normalized spacial score (nSPS) is 17.2. The summed E-state index contributed by atoms with van der Waals surface area (Å²) in [5, 5.41) is 0. The first-order valence-corrected chi connectivity index (χ1v) is 7.36. The predicted octanol–water partition coefficient (Wildman–Crippen LogP) is 3.61. The zero-order chi connectivity index (χ0) is 15.1. The number of nitrogens with zero attached hydrogens (tertiary/aromatic N) is 1. The van der Waals surface area contributed by atoms with Crippen molar-refractivity contribution in [2.45, 2.75) is 32.2 Å². The van der Waals surface area contributed by atoms with Gasteiger partial charge in [-0.2, -0.15) is 0 Å². The van der Waals surface area contributed by atoms with E-state index in [-0.39, 0.29) is 12.1 Å². The number of hydrogen-bond donors (Lipinski definition) is 0. The van der Waals surface area contributed by atoms with Gasteiger partial charge in [0, 0.05) is 30.6 Å². The van der Waals surface area contributed by atoms with Crippen molar-refractivity contribution in [1.82, 2.24) is 4.90 Å². The molecule has 1 atom stereocenters. The number of carbonyl (C=O) groups is 1. The van der Waals surface area contributed by atoms with Crippen LogP contribution in [-0.4, -0.2) is 30.7 Å². The van der Waals surface area contributed by atoms with E-state index in [2.05, 4.69) is 17.9 Å². The molecule has 0 spiro atoms. The van der Waals surface area contributed by atoms with E-state index >= 15 is 0 Å². The maximum absolute atomic E-state index is 11.8. The second kappa shape index (κ2) is 7.54. The van der Waals surface area contributed by atoms with Crippen molar-refractivity contribution >= 4 is 6.09 Å². The first-order chi connectivity index (χ1) is 10.2. The first-order valence-electron chi connectivity index (χ1n) is 7.36. The van der Waals surface area contributed by atoms with Crippen LogP contribution in [0.4, 0.5) is 4.79 Å². The lowest BCUT2D eigenvalue weighted by molar-refractivity contribution is 0.0991. The van der Waals surface area contributed by atoms with Crippen LogP contribution in [0.5, 0.6) is 0 Å². The van der Waals surface area contributed by atoms with Crippen LogP contribution < -0.4 is 0 Å². The SMILES string of the molecule is CCOC(=O)N(C)C1CCC=C(C#Cc2ccccc2)C1. The van der Waals surface area contributed by atoms with Crippen LogP contribution in [0.25, 0.3) is 0 Å². The number of ether oxygens (including phenoxy) is 1. The maximum Gasteiger partial charge on any atom is 0.409 e. The zero-order valence-electron chi connectivity index (χ0n) is 12.6. The number of allylic oxidation sites excluding steroid dienone is 1. The number of rotatable bonds is 2. The van der Waals surface area contributed by atoms with Crippen molar-refractivity contribution in [1.29, 1.82) is 0 Å². The molecule has 0 radical (unpaired) electrons. The van der Waals surface area contributed by atoms with E-state index in [1.54, 1.807) is 11.9 Å². The molecular formula is C18H21NO2. The van der Waals surface area contributed by atoms with Gasteiger partial charge >= 0.3 is 6.09 Å². The minimum Gasteiger partial charge on any atom is -0.450 e. The molecule has 0 saturated heterocycles. The van der Waals surface area contributed by atoms with Crippen LogP contribution >= 0.6 is 0 Å². The number of amides is 1. The Labute approximate surface area is 126 Å². The number of carbonyl (C=O) groups excluding carboxylic acids is 1. The topological polar surface area (TPSA) is 29.5 Å². The molecule has 1 unspecified atom stereocenters. The summed E-state index contributed by atoms with van der Waals surface area (Å²) in [7, 11) is 1.80. The smallest absolute Gasteiger partial charge is 0.409 e. The Morgan fingerprint density at radius 3 is 2.81 bits per heavy atom. The average Bonchev–Trinajstić information content (AvgIpc) is 2.54. The molecule has 1 amide bonds. The van der Waals surface area contributed by atoms with E-state index < -0.39 is 0 Å². The monoisotopic (exact) mass is 283 g/mol. The highest BCUT2D eigenvalue weighted by Gasteiger charge is 2.23. The lowest BCUT2D eigenvalue weighted by atomic mass is 9.94. The molecule has 0 fully saturated rings. The third kappa shape index (κ3) is 4.39. The van der Waals surface area contributed by atoms with Crippen molar-refractivity contribution in [2.24, 2.45) is 0 Å². The van der Waals surface area contributed by atoms with Crippen molar-refractivity contribution < 1.29 is 9.53 Å². The third-order valence-corrected chi connectivity index (χ3v) is 3.59. The van der Waals surface area contributed by atoms with E-state index in [4.69, 9.17) is 4.74 Å². The van der Waals surface area contributed by atoms with E-state index in [9.17, 15) is 4.79 Å². The molecular weight excluding hydrogens is 262 g/mol. The highest BCUT2D eigenvalue weighted by atomic mass is 16.6. The molecule has 0 saturated carbocycles. The molecule has 110 valence electrons. The van der Waals surface area contributed by atoms with Gasteiger partial charge in [0.1, 0.15) is 0 Å². The third-order valence-electron chi connectivity index (χ3n) is 3.59. The van der Waals surface area contributed by atoms with E-state index in [1.165, 1.54) is 0 Å². The minimum absolute atomic E-state index is 0.175. The highest BCUT2D eigenvalue weighted by molar-refractivity contribution is 5.67. The molecule has 1 aromatic carbocycles. The molecule has 0 aliphatic heterocycles. The van der Waals surface area contributed by atoms with Gasteiger partial charge in [-0.3, -0.25) is 0 Å². The van der Waals surface area contributed by atoms with E-state index in [1.807, 2.05) is 37.3 Å². The first kappa shape index (κ1) is 15.2. The molecule has 0 aromatic heterocycles. The molecule has 2 rings (SSSR count). The minimum atomic E-state index is -0.250. The average molecular weight is 283 g/mol. The van der Waals surface area contributed by atoms with Gasteiger partial charge in [-0.1, -0.05) is 36.1 Å². The van der Waals surface area contributed by atoms with Gasteiger partial charge in [0.25, 0.3) is 0 Å². The van der Waals surface area contributed by atoms with Crippen molar-refractivity contribution in [3.63, 3.8) is 0 Å². The molecule has 0 heterocycles. The van der Waals surface area contributed by atoms with Gasteiger partial charge in [-0.15, -0.1) is 0 Å². The van der Waals surface area contributed by atoms with E-state index in [0.29, 0.717) is 6.61 Å². The van der Waals surface area contributed by atoms with Crippen LogP contribution in [0.1, 0.15) is 31.7 Å². The molecule has 0 bridgehead atoms. The Morgan fingerprint density at radius 2 is 2.10 bits per heavy atom. The van der Waals surface area contributed by atoms with Gasteiger partial charge in [0.2, 0.25) is 0 Å². The molecule has 3 heteroatoms. The molecule has 1 aromatic rings. The zero-order valence-corrected chi connectivity index (χ0v) is 12.6. The van der Waals surface area contributed by atoms with Gasteiger partial charge in [-0.05, 0) is 31.9 Å². The van der Waals surface area contributed by atoms with Crippen LogP contribution in [0, 0.1) is 11.8 Å². The summed E-state index contributed by atoms with van der Waals surface area (Å²) < 4.78 is 5.05. The van der Waals surface area contributed by atoms with Crippen LogP contribution in [0.3, 0.4) is 0 Å². The molecule has 3 nitrogen and oxygen atoms in total. The lowest BCUT2D eigenvalue weighted by Gasteiger charge is -2.29. The Balaban J connectivity index is 1.99. The van der Waals surface area contributed by atoms with Gasteiger partial charge in [0.05, 0.1) is 6.61 Å². The van der Waals surface area contributed by atoms with Gasteiger partial charge in [0.15, 0.2) is 0 Å². The highest BCUT2D eigenvalue weighted by Crippen LogP contribution is 2.22. The Bertz CT molecular complexity index is 566. The van der Waals surface area contributed by atoms with Gasteiger partial charge in [-0.25, -0.2) is 4.79 Å². The quantitative estimate of drug-likeness (QED) is 0.776.